The van der Waals surface area contributed by atoms with E-state index in [4.69, 9.17) is 14.6 Å². The van der Waals surface area contributed by atoms with E-state index < -0.39 is 17.0 Å². The Morgan fingerprint density at radius 1 is 1.43 bits per heavy atom. The summed E-state index contributed by atoms with van der Waals surface area (Å²) < 4.78 is 10.2. The van der Waals surface area contributed by atoms with Crippen LogP contribution in [0.5, 0.6) is 5.75 Å². The molecule has 21 heavy (non-hydrogen) atoms. The molecule has 0 aliphatic heterocycles. The highest BCUT2D eigenvalue weighted by Gasteiger charge is 2.17. The number of carboxylic acids is 1. The summed E-state index contributed by atoms with van der Waals surface area (Å²) in [6.07, 6.45) is -1.18. The van der Waals surface area contributed by atoms with Crippen LogP contribution in [-0.2, 0) is 9.53 Å². The molecular formula is C13H18N2O6. The molecule has 0 amide bonds. The standard InChI is InChI=1S/C13H18N2O6/c1-8(2)21-11-5-9(4-10(6-11)15(18)19)14-7-12(20-3)13(16)17/h4-6,8,12,14H,7H2,1-3H3,(H,16,17). The number of nitro groups is 1. The largest absolute Gasteiger partial charge is 0.491 e. The zero-order chi connectivity index (χ0) is 16.0. The maximum absolute atomic E-state index is 10.9. The van der Waals surface area contributed by atoms with Crippen molar-refractivity contribution in [1.29, 1.82) is 0 Å². The molecule has 0 radical (unpaired) electrons. The molecule has 116 valence electrons. The third kappa shape index (κ3) is 5.27. The van der Waals surface area contributed by atoms with Crippen molar-refractivity contribution in [2.45, 2.75) is 26.1 Å². The number of aliphatic carboxylic acids is 1. The first-order chi connectivity index (χ1) is 9.83. The quantitative estimate of drug-likeness (QED) is 0.557. The van der Waals surface area contributed by atoms with Crippen molar-refractivity contribution in [1.82, 2.24) is 0 Å². The van der Waals surface area contributed by atoms with Crippen molar-refractivity contribution >= 4 is 17.3 Å². The van der Waals surface area contributed by atoms with E-state index in [1.54, 1.807) is 19.9 Å². The molecule has 0 fully saturated rings. The van der Waals surface area contributed by atoms with Crippen molar-refractivity contribution in [3.8, 4) is 5.75 Å². The molecule has 0 aliphatic carbocycles. The average Bonchev–Trinajstić information content (AvgIpc) is 2.37. The fourth-order valence-corrected chi connectivity index (χ4v) is 1.61. The molecule has 1 aromatic carbocycles. The van der Waals surface area contributed by atoms with Crippen LogP contribution < -0.4 is 10.1 Å². The summed E-state index contributed by atoms with van der Waals surface area (Å²) in [5, 5.41) is 22.6. The van der Waals surface area contributed by atoms with Gasteiger partial charge in [0.05, 0.1) is 23.6 Å². The van der Waals surface area contributed by atoms with E-state index in [-0.39, 0.29) is 18.3 Å². The van der Waals surface area contributed by atoms with Crippen LogP contribution in [0.25, 0.3) is 0 Å². The number of carboxylic acid groups (broad SMARTS) is 1. The SMILES string of the molecule is COC(CNc1cc(OC(C)C)cc([N+](=O)[O-])c1)C(=O)O. The highest BCUT2D eigenvalue weighted by molar-refractivity contribution is 5.73. The third-order valence-corrected chi connectivity index (χ3v) is 2.53. The number of ether oxygens (including phenoxy) is 2. The topological polar surface area (TPSA) is 111 Å². The molecule has 0 aliphatic rings. The lowest BCUT2D eigenvalue weighted by atomic mass is 10.2. The molecule has 0 bridgehead atoms. The normalized spacial score (nSPS) is 12.0. The first-order valence-electron chi connectivity index (χ1n) is 6.29. The van der Waals surface area contributed by atoms with Crippen molar-refractivity contribution < 1.29 is 24.3 Å². The van der Waals surface area contributed by atoms with Crippen LogP contribution in [0, 0.1) is 10.1 Å². The lowest BCUT2D eigenvalue weighted by Gasteiger charge is -2.14. The van der Waals surface area contributed by atoms with E-state index in [9.17, 15) is 14.9 Å². The Morgan fingerprint density at radius 2 is 2.10 bits per heavy atom. The van der Waals surface area contributed by atoms with Gasteiger partial charge in [0.2, 0.25) is 0 Å². The summed E-state index contributed by atoms with van der Waals surface area (Å²) in [5.41, 5.74) is 0.253. The Balaban J connectivity index is 2.92. The molecule has 0 saturated heterocycles. The van der Waals surface area contributed by atoms with E-state index in [0.29, 0.717) is 11.4 Å². The van der Waals surface area contributed by atoms with Gasteiger partial charge in [-0.25, -0.2) is 4.79 Å². The molecule has 0 aromatic heterocycles. The second-order valence-corrected chi connectivity index (χ2v) is 4.58. The number of non-ortho nitro benzene ring substituents is 1. The van der Waals surface area contributed by atoms with Gasteiger partial charge in [-0.2, -0.15) is 0 Å². The van der Waals surface area contributed by atoms with Crippen LogP contribution in [0.4, 0.5) is 11.4 Å². The molecule has 8 heteroatoms. The maximum Gasteiger partial charge on any atom is 0.334 e. The molecule has 1 atom stereocenters. The number of carbonyl (C=O) groups is 1. The van der Waals surface area contributed by atoms with Crippen molar-refractivity contribution in [3.63, 3.8) is 0 Å². The first-order valence-corrected chi connectivity index (χ1v) is 6.29. The summed E-state index contributed by atoms with van der Waals surface area (Å²) >= 11 is 0. The molecule has 2 N–H and O–H groups in total. The zero-order valence-corrected chi connectivity index (χ0v) is 12.0. The predicted molar refractivity (Wildman–Crippen MR) is 75.8 cm³/mol. The number of anilines is 1. The Morgan fingerprint density at radius 3 is 2.57 bits per heavy atom. The second kappa shape index (κ2) is 7.44. The van der Waals surface area contributed by atoms with E-state index in [2.05, 4.69) is 5.32 Å². The predicted octanol–water partition coefficient (Wildman–Crippen LogP) is 1.89. The number of nitrogens with zero attached hydrogens (tertiary/aromatic N) is 1. The molecule has 0 spiro atoms. The van der Waals surface area contributed by atoms with Crippen molar-refractivity contribution in [2.75, 3.05) is 19.0 Å². The highest BCUT2D eigenvalue weighted by atomic mass is 16.6. The highest BCUT2D eigenvalue weighted by Crippen LogP contribution is 2.26. The van der Waals surface area contributed by atoms with Gasteiger partial charge >= 0.3 is 5.97 Å². The van der Waals surface area contributed by atoms with Gasteiger partial charge in [-0.1, -0.05) is 0 Å². The number of hydrogen-bond donors (Lipinski definition) is 2. The molecule has 0 saturated carbocycles. The van der Waals surface area contributed by atoms with Crippen LogP contribution in [0.2, 0.25) is 0 Å². The van der Waals surface area contributed by atoms with Crippen LogP contribution in [0.3, 0.4) is 0 Å². The van der Waals surface area contributed by atoms with Gasteiger partial charge in [0.25, 0.3) is 5.69 Å². The van der Waals surface area contributed by atoms with Crippen LogP contribution in [0.1, 0.15) is 13.8 Å². The lowest BCUT2D eigenvalue weighted by molar-refractivity contribution is -0.384. The molecule has 1 unspecified atom stereocenters. The summed E-state index contributed by atoms with van der Waals surface area (Å²) in [4.78, 5) is 21.2. The van der Waals surface area contributed by atoms with Gasteiger partial charge in [-0.15, -0.1) is 0 Å². The van der Waals surface area contributed by atoms with Crippen molar-refractivity contribution in [3.05, 3.63) is 28.3 Å². The number of rotatable bonds is 8. The van der Waals surface area contributed by atoms with Crippen molar-refractivity contribution in [2.24, 2.45) is 0 Å². The number of methoxy groups -OCH3 is 1. The Labute approximate surface area is 121 Å². The second-order valence-electron chi connectivity index (χ2n) is 4.58. The molecule has 0 heterocycles. The van der Waals surface area contributed by atoms with E-state index in [0.717, 1.165) is 0 Å². The molecule has 8 nitrogen and oxygen atoms in total. The fraction of sp³-hybridized carbons (Fsp3) is 0.462. The van der Waals surface area contributed by atoms with Gasteiger partial charge in [0.1, 0.15) is 5.75 Å². The monoisotopic (exact) mass is 298 g/mol. The van der Waals surface area contributed by atoms with Gasteiger partial charge in [-0.05, 0) is 13.8 Å². The number of hydrogen-bond acceptors (Lipinski definition) is 6. The summed E-state index contributed by atoms with van der Waals surface area (Å²) in [7, 11) is 1.28. The minimum Gasteiger partial charge on any atom is -0.491 e. The summed E-state index contributed by atoms with van der Waals surface area (Å²) in [6.45, 7) is 3.59. The van der Waals surface area contributed by atoms with E-state index >= 15 is 0 Å². The summed E-state index contributed by atoms with van der Waals surface area (Å²) in [6, 6.07) is 4.19. The lowest BCUT2D eigenvalue weighted by Crippen LogP contribution is -2.30. The van der Waals surface area contributed by atoms with Gasteiger partial charge in [0.15, 0.2) is 6.10 Å². The number of benzene rings is 1. The average molecular weight is 298 g/mol. The zero-order valence-electron chi connectivity index (χ0n) is 12.0. The molecule has 1 rings (SSSR count). The number of nitro benzene ring substituents is 1. The first kappa shape index (κ1) is 16.7. The molecular weight excluding hydrogens is 280 g/mol. The van der Waals surface area contributed by atoms with Gasteiger partial charge in [-0.3, -0.25) is 10.1 Å². The Hall–Kier alpha value is -2.35. The summed E-state index contributed by atoms with van der Waals surface area (Å²) in [5.74, 6) is -0.778. The van der Waals surface area contributed by atoms with E-state index in [1.165, 1.54) is 19.2 Å². The fourth-order valence-electron chi connectivity index (χ4n) is 1.61. The Kier molecular flexibility index (Phi) is 5.92. The van der Waals surface area contributed by atoms with E-state index in [1.807, 2.05) is 0 Å². The minimum atomic E-state index is -1.12. The maximum atomic E-state index is 10.9. The van der Waals surface area contributed by atoms with Gasteiger partial charge < -0.3 is 19.9 Å². The van der Waals surface area contributed by atoms with Crippen LogP contribution >= 0.6 is 0 Å². The smallest absolute Gasteiger partial charge is 0.334 e. The molecule has 1 aromatic rings. The van der Waals surface area contributed by atoms with Gasteiger partial charge in [0, 0.05) is 24.9 Å². The minimum absolute atomic E-state index is 0.0197. The van der Waals surface area contributed by atoms with Crippen LogP contribution in [0.15, 0.2) is 18.2 Å². The number of nitrogens with one attached hydrogen (secondary N) is 1. The Bertz CT molecular complexity index is 517. The third-order valence-electron chi connectivity index (χ3n) is 2.53. The van der Waals surface area contributed by atoms with Crippen LogP contribution in [-0.4, -0.2) is 41.9 Å².